The molecule has 3 aromatic rings. The lowest BCUT2D eigenvalue weighted by Gasteiger charge is -2.20. The SMILES string of the molecule is CCn1nnc2c(Nc3cc(N)cc(Cl)c3)nc(NC(CO)C(C)C)nc21. The van der Waals surface area contributed by atoms with Crippen LogP contribution in [0.1, 0.15) is 20.8 Å². The fraction of sp³-hybridized carbons (Fsp3) is 0.412. The van der Waals surface area contributed by atoms with Crippen molar-refractivity contribution in [2.75, 3.05) is 23.0 Å². The van der Waals surface area contributed by atoms with Gasteiger partial charge in [0.2, 0.25) is 5.95 Å². The monoisotopic (exact) mass is 390 g/mol. The lowest BCUT2D eigenvalue weighted by Crippen LogP contribution is -2.30. The lowest BCUT2D eigenvalue weighted by molar-refractivity contribution is 0.248. The molecule has 0 fully saturated rings. The van der Waals surface area contributed by atoms with Crippen LogP contribution in [-0.2, 0) is 6.54 Å². The first-order valence-corrected chi connectivity index (χ1v) is 9.10. The van der Waals surface area contributed by atoms with E-state index in [2.05, 4.69) is 30.9 Å². The summed E-state index contributed by atoms with van der Waals surface area (Å²) in [6.07, 6.45) is 0. The fourth-order valence-corrected chi connectivity index (χ4v) is 2.87. The Balaban J connectivity index is 2.05. The molecule has 2 heterocycles. The minimum Gasteiger partial charge on any atom is -0.399 e. The van der Waals surface area contributed by atoms with Crippen LogP contribution in [0, 0.1) is 5.92 Å². The molecule has 9 nitrogen and oxygen atoms in total. The van der Waals surface area contributed by atoms with Crippen molar-refractivity contribution in [3.05, 3.63) is 23.2 Å². The normalized spacial score (nSPS) is 12.5. The molecule has 0 saturated heterocycles. The number of benzene rings is 1. The predicted octanol–water partition coefficient (Wildman–Crippen LogP) is 2.65. The van der Waals surface area contributed by atoms with Crippen LogP contribution in [0.25, 0.3) is 11.2 Å². The number of aromatic nitrogens is 5. The maximum atomic E-state index is 9.61. The highest BCUT2D eigenvalue weighted by Gasteiger charge is 2.18. The molecule has 0 radical (unpaired) electrons. The molecule has 0 amide bonds. The molecule has 1 unspecified atom stereocenters. The van der Waals surface area contributed by atoms with Gasteiger partial charge in [-0.1, -0.05) is 30.7 Å². The summed E-state index contributed by atoms with van der Waals surface area (Å²) in [5, 5.41) is 24.8. The van der Waals surface area contributed by atoms with Crippen molar-refractivity contribution < 1.29 is 5.11 Å². The number of aliphatic hydroxyl groups excluding tert-OH is 1. The second-order valence-corrected chi connectivity index (χ2v) is 6.99. The number of hydrogen-bond acceptors (Lipinski definition) is 8. The topological polar surface area (TPSA) is 127 Å². The van der Waals surface area contributed by atoms with Crippen molar-refractivity contribution in [3.63, 3.8) is 0 Å². The molecule has 1 aromatic carbocycles. The summed E-state index contributed by atoms with van der Waals surface area (Å²) in [4.78, 5) is 9.06. The van der Waals surface area contributed by atoms with E-state index in [1.165, 1.54) is 0 Å². The average Bonchev–Trinajstić information content (AvgIpc) is 3.01. The number of aliphatic hydroxyl groups is 1. The summed E-state index contributed by atoms with van der Waals surface area (Å²) in [6, 6.07) is 4.98. The van der Waals surface area contributed by atoms with Gasteiger partial charge in [-0.15, -0.1) is 5.10 Å². The fourth-order valence-electron chi connectivity index (χ4n) is 2.63. The van der Waals surface area contributed by atoms with Crippen LogP contribution in [0.2, 0.25) is 5.02 Å². The van der Waals surface area contributed by atoms with E-state index in [-0.39, 0.29) is 18.6 Å². The van der Waals surface area contributed by atoms with Crippen molar-refractivity contribution in [1.29, 1.82) is 0 Å². The van der Waals surface area contributed by atoms with Gasteiger partial charge in [0.15, 0.2) is 17.0 Å². The van der Waals surface area contributed by atoms with Gasteiger partial charge in [0.25, 0.3) is 0 Å². The van der Waals surface area contributed by atoms with Crippen molar-refractivity contribution in [2.24, 2.45) is 5.92 Å². The van der Waals surface area contributed by atoms with Crippen LogP contribution in [0.5, 0.6) is 0 Å². The summed E-state index contributed by atoms with van der Waals surface area (Å²) in [6.45, 7) is 6.57. The molecule has 0 aliphatic rings. The Hall–Kier alpha value is -2.65. The second-order valence-electron chi connectivity index (χ2n) is 6.55. The van der Waals surface area contributed by atoms with Gasteiger partial charge in [0.05, 0.1) is 12.6 Å². The van der Waals surface area contributed by atoms with E-state index in [1.54, 1.807) is 22.9 Å². The van der Waals surface area contributed by atoms with Gasteiger partial charge < -0.3 is 21.5 Å². The van der Waals surface area contributed by atoms with Gasteiger partial charge in [-0.05, 0) is 31.0 Å². The third-order valence-electron chi connectivity index (χ3n) is 4.16. The van der Waals surface area contributed by atoms with Crippen LogP contribution in [0.3, 0.4) is 0 Å². The molecular formula is C17H23ClN8O. The van der Waals surface area contributed by atoms with Crippen molar-refractivity contribution in [2.45, 2.75) is 33.4 Å². The summed E-state index contributed by atoms with van der Waals surface area (Å²) >= 11 is 6.09. The standard InChI is InChI=1S/C17H23ClN8O/c1-4-26-16-14(24-25-26)15(20-12-6-10(18)5-11(19)7-12)22-17(23-16)21-13(8-27)9(2)3/h5-7,9,13,27H,4,8,19H2,1-3H3,(H2,20,21,22,23). The number of rotatable bonds is 7. The molecule has 0 spiro atoms. The van der Waals surface area contributed by atoms with Gasteiger partial charge in [-0.3, -0.25) is 0 Å². The van der Waals surface area contributed by atoms with Crippen LogP contribution in [-0.4, -0.2) is 42.7 Å². The summed E-state index contributed by atoms with van der Waals surface area (Å²) < 4.78 is 1.68. The molecule has 1 atom stereocenters. The second kappa shape index (κ2) is 7.93. The summed E-state index contributed by atoms with van der Waals surface area (Å²) in [5.41, 5.74) is 8.21. The number of nitrogens with one attached hydrogen (secondary N) is 2. The Bertz CT molecular complexity index is 922. The van der Waals surface area contributed by atoms with Crippen LogP contribution in [0.4, 0.5) is 23.1 Å². The minimum absolute atomic E-state index is 0.0298. The highest BCUT2D eigenvalue weighted by atomic mass is 35.5. The molecule has 27 heavy (non-hydrogen) atoms. The maximum Gasteiger partial charge on any atom is 0.227 e. The van der Waals surface area contributed by atoms with Gasteiger partial charge >= 0.3 is 0 Å². The minimum atomic E-state index is -0.178. The number of nitrogens with two attached hydrogens (primary N) is 1. The Kier molecular flexibility index (Phi) is 5.62. The van der Waals surface area contributed by atoms with Crippen LogP contribution >= 0.6 is 11.6 Å². The van der Waals surface area contributed by atoms with Gasteiger partial charge in [0.1, 0.15) is 0 Å². The first-order chi connectivity index (χ1) is 12.9. The van der Waals surface area contributed by atoms with E-state index in [9.17, 15) is 5.11 Å². The van der Waals surface area contributed by atoms with Crippen LogP contribution < -0.4 is 16.4 Å². The van der Waals surface area contributed by atoms with Crippen molar-refractivity contribution in [1.82, 2.24) is 25.0 Å². The molecule has 5 N–H and O–H groups in total. The van der Waals surface area contributed by atoms with E-state index in [4.69, 9.17) is 17.3 Å². The molecule has 10 heteroatoms. The third kappa shape index (κ3) is 4.20. The molecule has 144 valence electrons. The summed E-state index contributed by atoms with van der Waals surface area (Å²) in [7, 11) is 0. The molecule has 0 saturated carbocycles. The Morgan fingerprint density at radius 3 is 2.67 bits per heavy atom. The molecule has 0 aliphatic heterocycles. The number of nitrogen functional groups attached to an aromatic ring is 1. The Labute approximate surface area is 161 Å². The Morgan fingerprint density at radius 2 is 2.04 bits per heavy atom. The first kappa shape index (κ1) is 19.1. The highest BCUT2D eigenvalue weighted by Crippen LogP contribution is 2.27. The van der Waals surface area contributed by atoms with Gasteiger partial charge in [-0.2, -0.15) is 9.97 Å². The smallest absolute Gasteiger partial charge is 0.227 e. The zero-order valence-electron chi connectivity index (χ0n) is 15.4. The number of nitrogens with zero attached hydrogens (tertiary/aromatic N) is 5. The van der Waals surface area contributed by atoms with E-state index >= 15 is 0 Å². The van der Waals surface area contributed by atoms with E-state index in [0.717, 1.165) is 0 Å². The molecule has 0 aliphatic carbocycles. The van der Waals surface area contributed by atoms with Crippen molar-refractivity contribution in [3.8, 4) is 0 Å². The average molecular weight is 391 g/mol. The Morgan fingerprint density at radius 1 is 1.26 bits per heavy atom. The number of fused-ring (bicyclic) bond motifs is 1. The van der Waals surface area contributed by atoms with E-state index in [0.29, 0.717) is 45.9 Å². The third-order valence-corrected chi connectivity index (χ3v) is 4.38. The number of halogens is 1. The van der Waals surface area contributed by atoms with Gasteiger partial charge in [0, 0.05) is 22.9 Å². The molecule has 2 aromatic heterocycles. The zero-order chi connectivity index (χ0) is 19.6. The van der Waals surface area contributed by atoms with Crippen LogP contribution in [0.15, 0.2) is 18.2 Å². The molecular weight excluding hydrogens is 368 g/mol. The number of anilines is 4. The lowest BCUT2D eigenvalue weighted by atomic mass is 10.1. The predicted molar refractivity (Wildman–Crippen MR) is 107 cm³/mol. The number of aryl methyl sites for hydroxylation is 1. The van der Waals surface area contributed by atoms with E-state index in [1.807, 2.05) is 20.8 Å². The quantitative estimate of drug-likeness (QED) is 0.453. The number of hydrogen-bond donors (Lipinski definition) is 4. The highest BCUT2D eigenvalue weighted by molar-refractivity contribution is 6.31. The molecule has 0 bridgehead atoms. The largest absolute Gasteiger partial charge is 0.399 e. The van der Waals surface area contributed by atoms with Crippen molar-refractivity contribution >= 4 is 45.9 Å². The summed E-state index contributed by atoms with van der Waals surface area (Å²) in [5.74, 6) is 1.06. The maximum absolute atomic E-state index is 9.61. The van der Waals surface area contributed by atoms with E-state index < -0.39 is 0 Å². The molecule has 3 rings (SSSR count). The van der Waals surface area contributed by atoms with Gasteiger partial charge in [-0.25, -0.2) is 4.68 Å². The first-order valence-electron chi connectivity index (χ1n) is 8.73. The zero-order valence-corrected chi connectivity index (χ0v) is 16.2.